The maximum atomic E-state index is 12.9. The van der Waals surface area contributed by atoms with Gasteiger partial charge in [0.25, 0.3) is 0 Å². The highest BCUT2D eigenvalue weighted by Crippen LogP contribution is 2.20. The molecule has 0 bridgehead atoms. The van der Waals surface area contributed by atoms with Crippen LogP contribution in [0, 0.1) is 5.92 Å². The number of furan rings is 1. The summed E-state index contributed by atoms with van der Waals surface area (Å²) >= 11 is 0. The van der Waals surface area contributed by atoms with E-state index in [4.69, 9.17) is 4.42 Å². The molecule has 1 aromatic heterocycles. The molecule has 2 heterocycles. The van der Waals surface area contributed by atoms with Crippen molar-refractivity contribution in [2.24, 2.45) is 5.92 Å². The number of benzene rings is 1. The predicted octanol–water partition coefficient (Wildman–Crippen LogP) is 2.51. The molecule has 2 aromatic rings. The van der Waals surface area contributed by atoms with Crippen molar-refractivity contribution in [3.05, 3.63) is 60.1 Å². The molecule has 2 atom stereocenters. The highest BCUT2D eigenvalue weighted by molar-refractivity contribution is 5.78. The van der Waals surface area contributed by atoms with Crippen molar-refractivity contribution >= 4 is 5.91 Å². The molecule has 1 saturated heterocycles. The van der Waals surface area contributed by atoms with Crippen LogP contribution in [0.2, 0.25) is 0 Å². The molecule has 1 fully saturated rings. The molecular formula is C20H26N2O3. The van der Waals surface area contributed by atoms with Gasteiger partial charge in [-0.3, -0.25) is 9.69 Å². The zero-order valence-electron chi connectivity index (χ0n) is 14.7. The van der Waals surface area contributed by atoms with E-state index in [1.165, 1.54) is 0 Å². The van der Waals surface area contributed by atoms with Gasteiger partial charge in [-0.05, 0) is 43.5 Å². The number of carbonyl (C=O) groups is 1. The van der Waals surface area contributed by atoms with Crippen LogP contribution >= 0.6 is 0 Å². The molecule has 0 spiro atoms. The van der Waals surface area contributed by atoms with Crippen molar-refractivity contribution in [3.63, 3.8) is 0 Å². The van der Waals surface area contributed by atoms with Crippen molar-refractivity contribution < 1.29 is 14.3 Å². The highest BCUT2D eigenvalue weighted by atomic mass is 16.3. The fourth-order valence-electron chi connectivity index (χ4n) is 3.32. The van der Waals surface area contributed by atoms with Crippen LogP contribution in [0.3, 0.4) is 0 Å². The summed E-state index contributed by atoms with van der Waals surface area (Å²) in [6.45, 7) is 4.89. The van der Waals surface area contributed by atoms with Crippen LogP contribution in [0.25, 0.3) is 0 Å². The minimum Gasteiger partial charge on any atom is -0.467 e. The van der Waals surface area contributed by atoms with Gasteiger partial charge in [-0.25, -0.2) is 0 Å². The zero-order chi connectivity index (χ0) is 17.6. The van der Waals surface area contributed by atoms with Crippen LogP contribution < -0.4 is 0 Å². The molecule has 1 aromatic carbocycles. The topological polar surface area (TPSA) is 56.9 Å². The van der Waals surface area contributed by atoms with Crippen LogP contribution in [0.4, 0.5) is 0 Å². The molecule has 5 nitrogen and oxygen atoms in total. The summed E-state index contributed by atoms with van der Waals surface area (Å²) in [4.78, 5) is 16.9. The molecule has 5 heteroatoms. The van der Waals surface area contributed by atoms with E-state index in [9.17, 15) is 9.90 Å². The second-order valence-electron chi connectivity index (χ2n) is 6.84. The van der Waals surface area contributed by atoms with Gasteiger partial charge < -0.3 is 14.4 Å². The van der Waals surface area contributed by atoms with Crippen LogP contribution in [-0.2, 0) is 17.9 Å². The monoisotopic (exact) mass is 342 g/mol. The number of hydrogen-bond acceptors (Lipinski definition) is 4. The van der Waals surface area contributed by atoms with Gasteiger partial charge in [0.2, 0.25) is 5.91 Å². The number of aliphatic hydroxyl groups excluding tert-OH is 1. The lowest BCUT2D eigenvalue weighted by atomic mass is 10.0. The molecule has 3 rings (SSSR count). The van der Waals surface area contributed by atoms with Gasteiger partial charge in [0.1, 0.15) is 5.76 Å². The number of likely N-dealkylation sites (tertiary alicyclic amines) is 1. The normalized spacial score (nSPS) is 19.0. The summed E-state index contributed by atoms with van der Waals surface area (Å²) in [5.41, 5.74) is 1.10. The molecule has 0 radical (unpaired) electrons. The smallest absolute Gasteiger partial charge is 0.237 e. The lowest BCUT2D eigenvalue weighted by Gasteiger charge is -2.25. The first-order valence-corrected chi connectivity index (χ1v) is 8.86. The van der Waals surface area contributed by atoms with E-state index < -0.39 is 0 Å². The molecule has 0 saturated carbocycles. The van der Waals surface area contributed by atoms with Gasteiger partial charge in [0.05, 0.1) is 25.5 Å². The third-order valence-corrected chi connectivity index (χ3v) is 4.85. The average Bonchev–Trinajstić information content (AvgIpc) is 3.27. The molecule has 0 aliphatic carbocycles. The number of hydrogen-bond donors (Lipinski definition) is 1. The maximum Gasteiger partial charge on any atom is 0.237 e. The lowest BCUT2D eigenvalue weighted by molar-refractivity contribution is -0.133. The number of nitrogens with zero attached hydrogens (tertiary/aromatic N) is 2. The lowest BCUT2D eigenvalue weighted by Crippen LogP contribution is -2.39. The van der Waals surface area contributed by atoms with Gasteiger partial charge in [-0.1, -0.05) is 30.3 Å². The Morgan fingerprint density at radius 1 is 1.28 bits per heavy atom. The first kappa shape index (κ1) is 17.7. The fraction of sp³-hybridized carbons (Fsp3) is 0.450. The van der Waals surface area contributed by atoms with E-state index in [0.717, 1.165) is 30.8 Å². The van der Waals surface area contributed by atoms with Crippen molar-refractivity contribution in [1.82, 2.24) is 9.80 Å². The van der Waals surface area contributed by atoms with Gasteiger partial charge in [0, 0.05) is 13.1 Å². The Morgan fingerprint density at radius 3 is 2.72 bits per heavy atom. The quantitative estimate of drug-likeness (QED) is 0.840. The maximum absolute atomic E-state index is 12.9. The van der Waals surface area contributed by atoms with Gasteiger partial charge in [0.15, 0.2) is 0 Å². The second kappa shape index (κ2) is 8.32. The molecule has 1 amide bonds. The third-order valence-electron chi connectivity index (χ3n) is 4.85. The minimum atomic E-state index is -0.316. The van der Waals surface area contributed by atoms with Crippen LogP contribution in [0.1, 0.15) is 24.7 Å². The molecule has 1 aliphatic rings. The Labute approximate surface area is 148 Å². The largest absolute Gasteiger partial charge is 0.467 e. The Morgan fingerprint density at radius 2 is 2.08 bits per heavy atom. The molecule has 1 aliphatic heterocycles. The molecule has 25 heavy (non-hydrogen) atoms. The standard InChI is InChI=1S/C20H26N2O3/c1-16(23)18-9-10-21(13-18)15-20(24)22(14-19-8-5-11-25-19)12-17-6-3-2-4-7-17/h2-8,11,16,18,23H,9-10,12-15H2,1H3. The fourth-order valence-corrected chi connectivity index (χ4v) is 3.32. The van der Waals surface area contributed by atoms with E-state index in [0.29, 0.717) is 19.6 Å². The van der Waals surface area contributed by atoms with E-state index in [2.05, 4.69) is 4.90 Å². The minimum absolute atomic E-state index is 0.0893. The molecular weight excluding hydrogens is 316 g/mol. The first-order chi connectivity index (χ1) is 12.1. The predicted molar refractivity (Wildman–Crippen MR) is 95.6 cm³/mol. The van der Waals surface area contributed by atoms with E-state index in [-0.39, 0.29) is 17.9 Å². The van der Waals surface area contributed by atoms with Crippen LogP contribution in [-0.4, -0.2) is 46.6 Å². The number of rotatable bonds is 7. The highest BCUT2D eigenvalue weighted by Gasteiger charge is 2.28. The van der Waals surface area contributed by atoms with Crippen molar-refractivity contribution in [2.75, 3.05) is 19.6 Å². The van der Waals surface area contributed by atoms with Gasteiger partial charge >= 0.3 is 0 Å². The SMILES string of the molecule is CC(O)C1CCN(CC(=O)N(Cc2ccccc2)Cc2ccco2)C1. The van der Waals surface area contributed by atoms with Crippen molar-refractivity contribution in [3.8, 4) is 0 Å². The summed E-state index contributed by atoms with van der Waals surface area (Å²) in [5, 5.41) is 9.74. The van der Waals surface area contributed by atoms with E-state index >= 15 is 0 Å². The number of aliphatic hydroxyl groups is 1. The summed E-state index contributed by atoms with van der Waals surface area (Å²) in [7, 11) is 0. The Balaban J connectivity index is 1.64. The summed E-state index contributed by atoms with van der Waals surface area (Å²) in [6.07, 6.45) is 2.26. The van der Waals surface area contributed by atoms with Crippen molar-refractivity contribution in [1.29, 1.82) is 0 Å². The number of amides is 1. The van der Waals surface area contributed by atoms with Crippen molar-refractivity contribution in [2.45, 2.75) is 32.5 Å². The summed E-state index contributed by atoms with van der Waals surface area (Å²) in [6, 6.07) is 13.7. The van der Waals surface area contributed by atoms with E-state index in [1.807, 2.05) is 54.3 Å². The Hall–Kier alpha value is -2.11. The average molecular weight is 342 g/mol. The Kier molecular flexibility index (Phi) is 5.89. The van der Waals surface area contributed by atoms with Gasteiger partial charge in [-0.15, -0.1) is 0 Å². The molecule has 1 N–H and O–H groups in total. The first-order valence-electron chi connectivity index (χ1n) is 8.86. The molecule has 2 unspecified atom stereocenters. The molecule has 134 valence electrons. The van der Waals surface area contributed by atoms with Gasteiger partial charge in [-0.2, -0.15) is 0 Å². The third kappa shape index (κ3) is 4.94. The number of carbonyl (C=O) groups excluding carboxylic acids is 1. The summed E-state index contributed by atoms with van der Waals surface area (Å²) in [5.74, 6) is 1.14. The summed E-state index contributed by atoms with van der Waals surface area (Å²) < 4.78 is 5.43. The van der Waals surface area contributed by atoms with E-state index in [1.54, 1.807) is 6.26 Å². The van der Waals surface area contributed by atoms with Crippen LogP contribution in [0.15, 0.2) is 53.1 Å². The Bertz CT molecular complexity index is 655. The second-order valence-corrected chi connectivity index (χ2v) is 6.84. The zero-order valence-corrected chi connectivity index (χ0v) is 14.7. The van der Waals surface area contributed by atoms with Crippen LogP contribution in [0.5, 0.6) is 0 Å².